The van der Waals surface area contributed by atoms with Gasteiger partial charge in [-0.3, -0.25) is 14.3 Å². The second kappa shape index (κ2) is 11.2. The fourth-order valence-electron chi connectivity index (χ4n) is 4.40. The Bertz CT molecular complexity index is 964. The third-order valence-corrected chi connectivity index (χ3v) is 8.71. The first-order chi connectivity index (χ1) is 15.6. The molecule has 2 rings (SSSR count). The van der Waals surface area contributed by atoms with Crippen LogP contribution >= 0.6 is 0 Å². The molecule has 0 aromatic carbocycles. The van der Waals surface area contributed by atoms with Crippen molar-refractivity contribution in [3.05, 3.63) is 17.5 Å². The first-order valence-corrected chi connectivity index (χ1v) is 14.0. The average Bonchev–Trinajstić information content (AvgIpc) is 3.14. The number of nitrogens with one attached hydrogen (secondary N) is 2. The van der Waals surface area contributed by atoms with E-state index in [1.165, 1.54) is 4.68 Å². The summed E-state index contributed by atoms with van der Waals surface area (Å²) in [6.07, 6.45) is 2.32. The van der Waals surface area contributed by atoms with E-state index in [4.69, 9.17) is 0 Å². The number of rotatable bonds is 9. The third kappa shape index (κ3) is 7.53. The van der Waals surface area contributed by atoms with Crippen LogP contribution in [0, 0.1) is 5.92 Å². The number of sulfone groups is 1. The van der Waals surface area contributed by atoms with E-state index in [2.05, 4.69) is 41.5 Å². The summed E-state index contributed by atoms with van der Waals surface area (Å²) in [4.78, 5) is 27.6. The SMILES string of the molecule is CCS(=O)(=O)C[C@@H]1C[C@H](N(C)C(C)C)CC[C@@H]1NC(=O)CNC(=O)c1cc(C(C)(C)C)nn1C. The summed E-state index contributed by atoms with van der Waals surface area (Å²) in [5.74, 6) is -0.685. The normalized spacial score (nSPS) is 21.6. The summed E-state index contributed by atoms with van der Waals surface area (Å²) < 4.78 is 26.3. The lowest BCUT2D eigenvalue weighted by atomic mass is 9.81. The minimum Gasteiger partial charge on any atom is -0.352 e. The Morgan fingerprint density at radius 1 is 1.26 bits per heavy atom. The van der Waals surface area contributed by atoms with Crippen LogP contribution in [0.3, 0.4) is 0 Å². The Balaban J connectivity index is 2.02. The lowest BCUT2D eigenvalue weighted by Crippen LogP contribution is -2.52. The summed E-state index contributed by atoms with van der Waals surface area (Å²) in [7, 11) is 0.589. The largest absolute Gasteiger partial charge is 0.352 e. The molecule has 1 aromatic rings. The maximum atomic E-state index is 12.7. The van der Waals surface area contributed by atoms with Gasteiger partial charge >= 0.3 is 0 Å². The molecule has 0 radical (unpaired) electrons. The van der Waals surface area contributed by atoms with Gasteiger partial charge in [-0.1, -0.05) is 27.7 Å². The van der Waals surface area contributed by atoms with Gasteiger partial charge in [-0.15, -0.1) is 0 Å². The van der Waals surface area contributed by atoms with Crippen molar-refractivity contribution in [2.24, 2.45) is 13.0 Å². The molecule has 1 aromatic heterocycles. The lowest BCUT2D eigenvalue weighted by Gasteiger charge is -2.41. The van der Waals surface area contributed by atoms with Crippen molar-refractivity contribution in [1.29, 1.82) is 0 Å². The Labute approximate surface area is 205 Å². The Hall–Kier alpha value is -1.94. The molecular formula is C24H43N5O4S. The van der Waals surface area contributed by atoms with Crippen LogP contribution in [0.25, 0.3) is 0 Å². The second-order valence-corrected chi connectivity index (χ2v) is 13.2. The topological polar surface area (TPSA) is 113 Å². The number of hydrogen-bond donors (Lipinski definition) is 2. The van der Waals surface area contributed by atoms with Gasteiger partial charge in [-0.2, -0.15) is 5.10 Å². The number of aromatic nitrogens is 2. The monoisotopic (exact) mass is 497 g/mol. The second-order valence-electron chi connectivity index (χ2n) is 10.8. The molecule has 1 fully saturated rings. The van der Waals surface area contributed by atoms with E-state index in [9.17, 15) is 18.0 Å². The first kappa shape index (κ1) is 28.3. The van der Waals surface area contributed by atoms with Gasteiger partial charge in [0, 0.05) is 36.3 Å². The van der Waals surface area contributed by atoms with Crippen LogP contribution in [0.1, 0.15) is 77.0 Å². The van der Waals surface area contributed by atoms with E-state index >= 15 is 0 Å². The van der Waals surface area contributed by atoms with Crippen molar-refractivity contribution < 1.29 is 18.0 Å². The van der Waals surface area contributed by atoms with Crippen LogP contribution in [-0.2, 0) is 27.1 Å². The molecule has 0 unspecified atom stereocenters. The van der Waals surface area contributed by atoms with Gasteiger partial charge in [-0.05, 0) is 52.1 Å². The maximum absolute atomic E-state index is 12.7. The zero-order valence-corrected chi connectivity index (χ0v) is 22.8. The Morgan fingerprint density at radius 2 is 1.91 bits per heavy atom. The first-order valence-electron chi connectivity index (χ1n) is 12.2. The van der Waals surface area contributed by atoms with Gasteiger partial charge in [0.15, 0.2) is 0 Å². The quantitative estimate of drug-likeness (QED) is 0.539. The standard InChI is InChI=1S/C24H43N5O4S/c1-9-34(32,33)15-17-12-18(28(7)16(2)3)10-11-19(17)26-22(30)14-25-23(31)20-13-21(24(4,5)6)27-29(20)8/h13,16-19H,9-12,14-15H2,1-8H3,(H,25,31)(H,26,30)/t17-,18+,19-/m0/s1. The van der Waals surface area contributed by atoms with Crippen molar-refractivity contribution in [2.45, 2.75) is 84.3 Å². The number of carbonyl (C=O) groups is 2. The third-order valence-electron chi connectivity index (χ3n) is 6.89. The zero-order chi connectivity index (χ0) is 25.8. The van der Waals surface area contributed by atoms with Gasteiger partial charge in [0.1, 0.15) is 15.5 Å². The van der Waals surface area contributed by atoms with Crippen LogP contribution in [0.5, 0.6) is 0 Å². The van der Waals surface area contributed by atoms with E-state index < -0.39 is 9.84 Å². The summed E-state index contributed by atoms with van der Waals surface area (Å²) in [6.45, 7) is 11.8. The van der Waals surface area contributed by atoms with E-state index in [0.29, 0.717) is 18.2 Å². The molecule has 1 heterocycles. The van der Waals surface area contributed by atoms with Gasteiger partial charge in [0.25, 0.3) is 5.91 Å². The van der Waals surface area contributed by atoms with Crippen LogP contribution < -0.4 is 10.6 Å². The van der Waals surface area contributed by atoms with Crippen molar-refractivity contribution in [3.8, 4) is 0 Å². The molecule has 10 heteroatoms. The number of nitrogens with zero attached hydrogens (tertiary/aromatic N) is 3. The highest BCUT2D eigenvalue weighted by Gasteiger charge is 2.36. The van der Waals surface area contributed by atoms with E-state index in [-0.39, 0.29) is 53.3 Å². The maximum Gasteiger partial charge on any atom is 0.269 e. The van der Waals surface area contributed by atoms with Crippen molar-refractivity contribution in [2.75, 3.05) is 25.1 Å². The van der Waals surface area contributed by atoms with Gasteiger partial charge < -0.3 is 15.5 Å². The number of amides is 2. The molecular weight excluding hydrogens is 454 g/mol. The predicted octanol–water partition coefficient (Wildman–Crippen LogP) is 1.88. The van der Waals surface area contributed by atoms with Gasteiger partial charge in [0.05, 0.1) is 18.0 Å². The molecule has 0 spiro atoms. The summed E-state index contributed by atoms with van der Waals surface area (Å²) in [5.41, 5.74) is 0.999. The van der Waals surface area contributed by atoms with Crippen LogP contribution in [0.2, 0.25) is 0 Å². The molecule has 9 nitrogen and oxygen atoms in total. The summed E-state index contributed by atoms with van der Waals surface area (Å²) in [5, 5.41) is 10.1. The molecule has 34 heavy (non-hydrogen) atoms. The molecule has 3 atom stereocenters. The van der Waals surface area contributed by atoms with Crippen molar-refractivity contribution in [1.82, 2.24) is 25.3 Å². The number of aryl methyl sites for hydroxylation is 1. The summed E-state index contributed by atoms with van der Waals surface area (Å²) >= 11 is 0. The van der Waals surface area contributed by atoms with Crippen LogP contribution in [-0.4, -0.2) is 78.1 Å². The van der Waals surface area contributed by atoms with Crippen LogP contribution in [0.4, 0.5) is 0 Å². The molecule has 0 bridgehead atoms. The lowest BCUT2D eigenvalue weighted by molar-refractivity contribution is -0.121. The molecule has 2 N–H and O–H groups in total. The average molecular weight is 498 g/mol. The van der Waals surface area contributed by atoms with Crippen molar-refractivity contribution >= 4 is 21.7 Å². The van der Waals surface area contributed by atoms with E-state index in [1.807, 2.05) is 20.8 Å². The fraction of sp³-hybridized carbons (Fsp3) is 0.792. The molecule has 194 valence electrons. The smallest absolute Gasteiger partial charge is 0.269 e. The van der Waals surface area contributed by atoms with Crippen molar-refractivity contribution in [3.63, 3.8) is 0 Å². The molecule has 0 saturated heterocycles. The van der Waals surface area contributed by atoms with Crippen LogP contribution in [0.15, 0.2) is 6.07 Å². The minimum atomic E-state index is -3.18. The minimum absolute atomic E-state index is 0.0633. The van der Waals surface area contributed by atoms with E-state index in [1.54, 1.807) is 20.0 Å². The molecule has 1 aliphatic carbocycles. The Kier molecular flexibility index (Phi) is 9.32. The number of hydrogen-bond acceptors (Lipinski definition) is 6. The molecule has 1 aliphatic rings. The fourth-order valence-corrected chi connectivity index (χ4v) is 5.66. The van der Waals surface area contributed by atoms with E-state index in [0.717, 1.165) is 18.5 Å². The molecule has 1 saturated carbocycles. The summed E-state index contributed by atoms with van der Waals surface area (Å²) in [6, 6.07) is 2.16. The predicted molar refractivity (Wildman–Crippen MR) is 135 cm³/mol. The molecule has 2 amide bonds. The molecule has 0 aliphatic heterocycles. The number of carbonyl (C=O) groups excluding carboxylic acids is 2. The zero-order valence-electron chi connectivity index (χ0n) is 22.0. The highest BCUT2D eigenvalue weighted by atomic mass is 32.2. The van der Waals surface area contributed by atoms with Gasteiger partial charge in [-0.25, -0.2) is 8.42 Å². The highest BCUT2D eigenvalue weighted by molar-refractivity contribution is 7.91. The Morgan fingerprint density at radius 3 is 2.44 bits per heavy atom. The highest BCUT2D eigenvalue weighted by Crippen LogP contribution is 2.30. The van der Waals surface area contributed by atoms with Gasteiger partial charge in [0.2, 0.25) is 5.91 Å².